The molecule has 3 heterocycles. The molecule has 1 aromatic rings. The largest absolute Gasteiger partial charge is 0.481 e. The van der Waals surface area contributed by atoms with Gasteiger partial charge in [0.1, 0.15) is 5.41 Å². The fourth-order valence-corrected chi connectivity index (χ4v) is 4.60. The highest BCUT2D eigenvalue weighted by Crippen LogP contribution is 2.43. The van der Waals surface area contributed by atoms with E-state index in [-0.39, 0.29) is 0 Å². The molecule has 0 saturated carbocycles. The SMILES string of the molecule is CN1C2CCC1CC(c1nc(C(C)(C)C(=O)O)cs1)C2. The monoisotopic (exact) mass is 294 g/mol. The lowest BCUT2D eigenvalue weighted by Crippen LogP contribution is -2.39. The standard InChI is InChI=1S/C15H22N2O2S/c1-15(2,14(18)19)12-8-20-13(16-12)9-6-10-4-5-11(7-9)17(10)3/h8-11H,4-7H2,1-3H3,(H,18,19). The Morgan fingerprint density at radius 2 is 2.00 bits per heavy atom. The number of rotatable bonds is 3. The third kappa shape index (κ3) is 2.17. The number of hydrogen-bond acceptors (Lipinski definition) is 4. The van der Waals surface area contributed by atoms with Crippen LogP contribution in [0.15, 0.2) is 5.38 Å². The van der Waals surface area contributed by atoms with Gasteiger partial charge in [0, 0.05) is 23.4 Å². The zero-order valence-corrected chi connectivity index (χ0v) is 13.1. The molecule has 2 atom stereocenters. The molecule has 2 saturated heterocycles. The molecule has 3 rings (SSSR count). The van der Waals surface area contributed by atoms with E-state index < -0.39 is 11.4 Å². The van der Waals surface area contributed by atoms with E-state index in [1.807, 2.05) is 5.38 Å². The van der Waals surface area contributed by atoms with Gasteiger partial charge in [-0.3, -0.25) is 4.79 Å². The van der Waals surface area contributed by atoms with Crippen molar-refractivity contribution in [2.45, 2.75) is 62.9 Å². The van der Waals surface area contributed by atoms with Crippen molar-refractivity contribution in [1.82, 2.24) is 9.88 Å². The van der Waals surface area contributed by atoms with Crippen molar-refractivity contribution in [1.29, 1.82) is 0 Å². The number of aromatic nitrogens is 1. The van der Waals surface area contributed by atoms with Gasteiger partial charge in [0.2, 0.25) is 0 Å². The van der Waals surface area contributed by atoms with Crippen molar-refractivity contribution >= 4 is 17.3 Å². The second-order valence-corrected chi connectivity index (χ2v) is 7.61. The lowest BCUT2D eigenvalue weighted by Gasteiger charge is -2.35. The Morgan fingerprint density at radius 3 is 2.55 bits per heavy atom. The maximum atomic E-state index is 11.3. The lowest BCUT2D eigenvalue weighted by atomic mass is 9.89. The molecule has 1 aromatic heterocycles. The Bertz CT molecular complexity index is 512. The van der Waals surface area contributed by atoms with Crippen LogP contribution in [0.3, 0.4) is 0 Å². The van der Waals surface area contributed by atoms with Gasteiger partial charge in [-0.05, 0) is 46.6 Å². The Labute approximate surface area is 123 Å². The molecule has 2 fully saturated rings. The normalized spacial score (nSPS) is 30.6. The summed E-state index contributed by atoms with van der Waals surface area (Å²) in [6, 6.07) is 1.39. The van der Waals surface area contributed by atoms with Gasteiger partial charge < -0.3 is 10.0 Å². The molecule has 110 valence electrons. The first-order valence-corrected chi connectivity index (χ1v) is 8.18. The predicted molar refractivity (Wildman–Crippen MR) is 79.3 cm³/mol. The summed E-state index contributed by atoms with van der Waals surface area (Å²) in [4.78, 5) is 18.5. The van der Waals surface area contributed by atoms with E-state index in [1.54, 1.807) is 25.2 Å². The summed E-state index contributed by atoms with van der Waals surface area (Å²) < 4.78 is 0. The predicted octanol–water partition coefficient (Wildman–Crippen LogP) is 2.85. The fraction of sp³-hybridized carbons (Fsp3) is 0.733. The first kappa shape index (κ1) is 14.0. The number of aliphatic carboxylic acids is 1. The molecule has 1 N–H and O–H groups in total. The van der Waals surface area contributed by atoms with Gasteiger partial charge in [0.15, 0.2) is 0 Å². The molecule has 20 heavy (non-hydrogen) atoms. The average Bonchev–Trinajstić information content (AvgIpc) is 2.93. The number of piperidine rings is 1. The van der Waals surface area contributed by atoms with Crippen LogP contribution >= 0.6 is 11.3 Å². The minimum Gasteiger partial charge on any atom is -0.481 e. The summed E-state index contributed by atoms with van der Waals surface area (Å²) in [5.74, 6) is -0.287. The van der Waals surface area contributed by atoms with Crippen LogP contribution in [-0.2, 0) is 10.2 Å². The molecular weight excluding hydrogens is 272 g/mol. The van der Waals surface area contributed by atoms with Crippen LogP contribution in [0.4, 0.5) is 0 Å². The summed E-state index contributed by atoms with van der Waals surface area (Å²) in [5.41, 5.74) is -0.185. The van der Waals surface area contributed by atoms with Crippen molar-refractivity contribution < 1.29 is 9.90 Å². The van der Waals surface area contributed by atoms with Crippen LogP contribution in [0, 0.1) is 0 Å². The highest BCUT2D eigenvalue weighted by molar-refractivity contribution is 7.09. The van der Waals surface area contributed by atoms with Crippen LogP contribution in [-0.4, -0.2) is 40.1 Å². The van der Waals surface area contributed by atoms with Gasteiger partial charge in [-0.25, -0.2) is 4.98 Å². The summed E-state index contributed by atoms with van der Waals surface area (Å²) >= 11 is 1.64. The second-order valence-electron chi connectivity index (χ2n) is 6.72. The summed E-state index contributed by atoms with van der Waals surface area (Å²) in [5, 5.41) is 12.4. The van der Waals surface area contributed by atoms with Crippen molar-refractivity contribution in [3.8, 4) is 0 Å². The molecular formula is C15H22N2O2S. The smallest absolute Gasteiger partial charge is 0.315 e. The van der Waals surface area contributed by atoms with Crippen LogP contribution < -0.4 is 0 Å². The molecule has 0 aromatic carbocycles. The molecule has 5 heteroatoms. The van der Waals surface area contributed by atoms with Crippen LogP contribution in [0.2, 0.25) is 0 Å². The highest BCUT2D eigenvalue weighted by Gasteiger charge is 2.40. The quantitative estimate of drug-likeness (QED) is 0.931. The Kier molecular flexibility index (Phi) is 3.37. The number of carbonyl (C=O) groups is 1. The van der Waals surface area contributed by atoms with Gasteiger partial charge in [0.25, 0.3) is 0 Å². The molecule has 0 amide bonds. The molecule has 0 spiro atoms. The van der Waals surface area contributed by atoms with Crippen molar-refractivity contribution in [2.24, 2.45) is 0 Å². The van der Waals surface area contributed by atoms with Gasteiger partial charge in [0.05, 0.1) is 10.7 Å². The Hall–Kier alpha value is -0.940. The van der Waals surface area contributed by atoms with Gasteiger partial charge in [-0.2, -0.15) is 0 Å². The van der Waals surface area contributed by atoms with Crippen molar-refractivity contribution in [2.75, 3.05) is 7.05 Å². The van der Waals surface area contributed by atoms with E-state index in [0.717, 1.165) is 5.01 Å². The third-order valence-corrected chi connectivity index (χ3v) is 6.15. The van der Waals surface area contributed by atoms with Gasteiger partial charge in [-0.1, -0.05) is 0 Å². The minimum atomic E-state index is -0.890. The lowest BCUT2D eigenvalue weighted by molar-refractivity contribution is -0.142. The van der Waals surface area contributed by atoms with Crippen LogP contribution in [0.5, 0.6) is 0 Å². The Balaban J connectivity index is 1.80. The van der Waals surface area contributed by atoms with Gasteiger partial charge >= 0.3 is 5.97 Å². The number of nitrogens with zero attached hydrogens (tertiary/aromatic N) is 2. The fourth-order valence-electron chi connectivity index (χ4n) is 3.48. The van der Waals surface area contributed by atoms with E-state index in [4.69, 9.17) is 0 Å². The maximum absolute atomic E-state index is 11.3. The number of thiazole rings is 1. The summed E-state index contributed by atoms with van der Waals surface area (Å²) in [6.07, 6.45) is 4.95. The topological polar surface area (TPSA) is 53.4 Å². The van der Waals surface area contributed by atoms with E-state index in [1.165, 1.54) is 25.7 Å². The zero-order chi connectivity index (χ0) is 14.5. The summed E-state index contributed by atoms with van der Waals surface area (Å²) in [6.45, 7) is 3.46. The molecule has 2 aliphatic heterocycles. The molecule has 2 bridgehead atoms. The van der Waals surface area contributed by atoms with Gasteiger partial charge in [-0.15, -0.1) is 11.3 Å². The first-order valence-electron chi connectivity index (χ1n) is 7.31. The third-order valence-electron chi connectivity index (χ3n) is 5.14. The van der Waals surface area contributed by atoms with Crippen LogP contribution in [0.25, 0.3) is 0 Å². The number of fused-ring (bicyclic) bond motifs is 2. The van der Waals surface area contributed by atoms with Crippen molar-refractivity contribution in [3.63, 3.8) is 0 Å². The second kappa shape index (κ2) is 4.81. The number of hydrogen-bond donors (Lipinski definition) is 1. The van der Waals surface area contributed by atoms with E-state index >= 15 is 0 Å². The Morgan fingerprint density at radius 1 is 1.40 bits per heavy atom. The number of carboxylic acids is 1. The average molecular weight is 294 g/mol. The summed E-state index contributed by atoms with van der Waals surface area (Å²) in [7, 11) is 2.24. The molecule has 0 radical (unpaired) electrons. The molecule has 0 aliphatic carbocycles. The van der Waals surface area contributed by atoms with Crippen molar-refractivity contribution in [3.05, 3.63) is 16.1 Å². The number of carboxylic acid groups (broad SMARTS) is 1. The van der Waals surface area contributed by atoms with E-state index in [2.05, 4.69) is 16.9 Å². The zero-order valence-electron chi connectivity index (χ0n) is 12.3. The molecule has 4 nitrogen and oxygen atoms in total. The van der Waals surface area contributed by atoms with Crippen LogP contribution in [0.1, 0.15) is 56.2 Å². The maximum Gasteiger partial charge on any atom is 0.315 e. The van der Waals surface area contributed by atoms with E-state index in [9.17, 15) is 9.90 Å². The molecule has 2 unspecified atom stereocenters. The highest BCUT2D eigenvalue weighted by atomic mass is 32.1. The minimum absolute atomic E-state index is 0.520. The molecule has 2 aliphatic rings. The van der Waals surface area contributed by atoms with E-state index in [0.29, 0.717) is 23.7 Å². The first-order chi connectivity index (χ1) is 9.39.